The number of aliphatic carboxylic acids is 3. The fraction of sp³-hybridized carbons (Fsp3) is 0.750. The van der Waals surface area contributed by atoms with Crippen LogP contribution in [-0.2, 0) is 14.4 Å². The van der Waals surface area contributed by atoms with E-state index in [-0.39, 0.29) is 18.8 Å². The molecule has 0 unspecified atom stereocenters. The molecule has 0 aromatic rings. The number of hydrogen-bond acceptors (Lipinski definition) is 4. The van der Waals surface area contributed by atoms with Crippen molar-refractivity contribution < 1.29 is 34.8 Å². The Morgan fingerprint density at radius 1 is 1.04 bits per heavy atom. The Hall–Kier alpha value is -1.89. The Labute approximate surface area is 157 Å². The molecule has 4 aliphatic carbocycles. The van der Waals surface area contributed by atoms with Gasteiger partial charge in [0, 0.05) is 5.92 Å². The number of rotatable bonds is 3. The van der Waals surface area contributed by atoms with Crippen LogP contribution in [0.25, 0.3) is 0 Å². The van der Waals surface area contributed by atoms with E-state index in [0.29, 0.717) is 19.3 Å². The average Bonchev–Trinajstić information content (AvgIpc) is 2.96. The molecule has 0 aromatic heterocycles. The van der Waals surface area contributed by atoms with Crippen LogP contribution in [0, 0.1) is 39.9 Å². The second kappa shape index (κ2) is 5.34. The second-order valence-corrected chi connectivity index (χ2v) is 9.52. The van der Waals surface area contributed by atoms with E-state index in [1.807, 2.05) is 0 Å². The Balaban J connectivity index is 2.02. The van der Waals surface area contributed by atoms with Crippen LogP contribution in [0.2, 0.25) is 0 Å². The zero-order chi connectivity index (χ0) is 19.9. The Morgan fingerprint density at radius 2 is 1.70 bits per heavy atom. The van der Waals surface area contributed by atoms with E-state index in [0.717, 1.165) is 12.0 Å². The lowest BCUT2D eigenvalue weighted by molar-refractivity contribution is -0.186. The van der Waals surface area contributed by atoms with Crippen molar-refractivity contribution in [2.75, 3.05) is 0 Å². The lowest BCUT2D eigenvalue weighted by Crippen LogP contribution is -2.58. The summed E-state index contributed by atoms with van der Waals surface area (Å²) in [6, 6.07) is 0. The molecule has 0 saturated heterocycles. The van der Waals surface area contributed by atoms with Gasteiger partial charge < -0.3 is 20.4 Å². The molecular weight excluding hydrogens is 352 g/mol. The SMILES string of the molecule is C=C1C[C@]23C[C@H]1CC[C@H]2[C@]1(C(=O)O)C[C@H](O)C[C@@](C)(C(=O)O)[C@H]1[C@@H]3C(=O)O. The van der Waals surface area contributed by atoms with Crippen LogP contribution in [0.1, 0.15) is 45.4 Å². The van der Waals surface area contributed by atoms with Crippen molar-refractivity contribution in [3.05, 3.63) is 12.2 Å². The third-order valence-electron chi connectivity index (χ3n) is 8.46. The van der Waals surface area contributed by atoms with E-state index in [1.165, 1.54) is 6.92 Å². The van der Waals surface area contributed by atoms with Crippen molar-refractivity contribution in [2.24, 2.45) is 39.9 Å². The maximum Gasteiger partial charge on any atom is 0.310 e. The molecule has 4 rings (SSSR count). The van der Waals surface area contributed by atoms with Gasteiger partial charge in [-0.15, -0.1) is 0 Å². The minimum Gasteiger partial charge on any atom is -0.481 e. The van der Waals surface area contributed by atoms with Crippen LogP contribution in [-0.4, -0.2) is 44.4 Å². The van der Waals surface area contributed by atoms with Gasteiger partial charge in [-0.1, -0.05) is 12.2 Å². The quantitative estimate of drug-likeness (QED) is 0.552. The van der Waals surface area contributed by atoms with Gasteiger partial charge in [0.1, 0.15) is 0 Å². The molecule has 4 aliphatic rings. The zero-order valence-corrected chi connectivity index (χ0v) is 15.4. The summed E-state index contributed by atoms with van der Waals surface area (Å²) >= 11 is 0. The number of allylic oxidation sites excluding steroid dienone is 1. The van der Waals surface area contributed by atoms with Crippen LogP contribution in [0.5, 0.6) is 0 Å². The Bertz CT molecular complexity index is 759. The van der Waals surface area contributed by atoms with Crippen LogP contribution in [0.15, 0.2) is 12.2 Å². The monoisotopic (exact) mass is 378 g/mol. The Morgan fingerprint density at radius 3 is 2.26 bits per heavy atom. The molecule has 4 N–H and O–H groups in total. The van der Waals surface area contributed by atoms with Crippen molar-refractivity contribution >= 4 is 17.9 Å². The lowest BCUT2D eigenvalue weighted by atomic mass is 9.51. The number of aliphatic hydroxyl groups is 1. The summed E-state index contributed by atoms with van der Waals surface area (Å²) in [7, 11) is 0. The van der Waals surface area contributed by atoms with Crippen LogP contribution in [0.3, 0.4) is 0 Å². The molecule has 7 heteroatoms. The van der Waals surface area contributed by atoms with E-state index >= 15 is 0 Å². The normalized spacial score (nSPS) is 50.7. The highest BCUT2D eigenvalue weighted by atomic mass is 16.4. The standard InChI is InChI=1S/C20H26O7/c1-9-5-19-6-10(9)3-4-12(19)20(17(26)27)8-11(21)7-18(2,16(24)25)14(20)13(19)15(22)23/h10-14,21H,1,3-8H2,2H3,(H,22,23)(H,24,25)(H,26,27)/t10-,11-,12-,13-,14-,18-,19+,20-/m1/s1. The van der Waals surface area contributed by atoms with E-state index < -0.39 is 58.0 Å². The van der Waals surface area contributed by atoms with Gasteiger partial charge in [0.15, 0.2) is 0 Å². The fourth-order valence-electron chi connectivity index (χ4n) is 7.80. The van der Waals surface area contributed by atoms with Crippen molar-refractivity contribution in [2.45, 2.75) is 51.6 Å². The van der Waals surface area contributed by atoms with Gasteiger partial charge in [-0.25, -0.2) is 0 Å². The van der Waals surface area contributed by atoms with Gasteiger partial charge in [-0.2, -0.15) is 0 Å². The summed E-state index contributed by atoms with van der Waals surface area (Å²) in [5.74, 6) is -5.92. The van der Waals surface area contributed by atoms with Crippen molar-refractivity contribution in [3.8, 4) is 0 Å². The van der Waals surface area contributed by atoms with Gasteiger partial charge in [-0.05, 0) is 62.7 Å². The predicted octanol–water partition coefficient (Wildman–Crippen LogP) is 2.00. The zero-order valence-electron chi connectivity index (χ0n) is 15.4. The number of aliphatic hydroxyl groups excluding tert-OH is 1. The van der Waals surface area contributed by atoms with E-state index in [9.17, 15) is 34.8 Å². The second-order valence-electron chi connectivity index (χ2n) is 9.52. The molecule has 0 aromatic carbocycles. The minimum absolute atomic E-state index is 0.0801. The minimum atomic E-state index is -1.61. The first-order chi connectivity index (χ1) is 12.5. The third-order valence-corrected chi connectivity index (χ3v) is 8.46. The van der Waals surface area contributed by atoms with E-state index in [4.69, 9.17) is 0 Å². The molecule has 4 fully saturated rings. The number of carbonyl (C=O) groups is 3. The highest BCUT2D eigenvalue weighted by Gasteiger charge is 2.79. The molecule has 7 nitrogen and oxygen atoms in total. The molecule has 0 heterocycles. The molecule has 0 amide bonds. The topological polar surface area (TPSA) is 132 Å². The molecular formula is C20H26O7. The number of hydrogen-bond donors (Lipinski definition) is 4. The van der Waals surface area contributed by atoms with Gasteiger partial charge >= 0.3 is 17.9 Å². The van der Waals surface area contributed by atoms with Crippen LogP contribution in [0.4, 0.5) is 0 Å². The fourth-order valence-corrected chi connectivity index (χ4v) is 7.80. The Kier molecular flexibility index (Phi) is 3.65. The maximum atomic E-state index is 12.7. The smallest absolute Gasteiger partial charge is 0.310 e. The summed E-state index contributed by atoms with van der Waals surface area (Å²) in [4.78, 5) is 37.4. The molecule has 148 valence electrons. The number of carboxylic acid groups (broad SMARTS) is 3. The lowest BCUT2D eigenvalue weighted by Gasteiger charge is -2.50. The van der Waals surface area contributed by atoms with Crippen molar-refractivity contribution in [3.63, 3.8) is 0 Å². The van der Waals surface area contributed by atoms with Crippen LogP contribution >= 0.6 is 0 Å². The van der Waals surface area contributed by atoms with Crippen molar-refractivity contribution in [1.82, 2.24) is 0 Å². The van der Waals surface area contributed by atoms with Crippen LogP contribution < -0.4 is 0 Å². The van der Waals surface area contributed by atoms with Crippen molar-refractivity contribution in [1.29, 1.82) is 0 Å². The number of fused-ring (bicyclic) bond motifs is 3. The molecule has 8 atom stereocenters. The molecule has 0 aliphatic heterocycles. The summed E-state index contributed by atoms with van der Waals surface area (Å²) in [5.41, 5.74) is -2.97. The maximum absolute atomic E-state index is 12.7. The highest BCUT2D eigenvalue weighted by molar-refractivity contribution is 5.86. The summed E-state index contributed by atoms with van der Waals surface area (Å²) < 4.78 is 0. The number of carboxylic acids is 3. The molecule has 2 bridgehead atoms. The third kappa shape index (κ3) is 1.98. The highest BCUT2D eigenvalue weighted by Crippen LogP contribution is 2.77. The summed E-state index contributed by atoms with van der Waals surface area (Å²) in [5, 5.41) is 41.0. The average molecular weight is 378 g/mol. The summed E-state index contributed by atoms with van der Waals surface area (Å²) in [6.07, 6.45) is 1.01. The van der Waals surface area contributed by atoms with E-state index in [2.05, 4.69) is 6.58 Å². The predicted molar refractivity (Wildman–Crippen MR) is 92.7 cm³/mol. The van der Waals surface area contributed by atoms with Gasteiger partial charge in [-0.3, -0.25) is 14.4 Å². The van der Waals surface area contributed by atoms with E-state index in [1.54, 1.807) is 0 Å². The molecule has 4 saturated carbocycles. The summed E-state index contributed by atoms with van der Waals surface area (Å²) in [6.45, 7) is 5.53. The largest absolute Gasteiger partial charge is 0.481 e. The molecule has 0 radical (unpaired) electrons. The first-order valence-corrected chi connectivity index (χ1v) is 9.56. The molecule has 27 heavy (non-hydrogen) atoms. The van der Waals surface area contributed by atoms with Gasteiger partial charge in [0.2, 0.25) is 0 Å². The van der Waals surface area contributed by atoms with Gasteiger partial charge in [0.25, 0.3) is 0 Å². The first kappa shape index (κ1) is 18.5. The van der Waals surface area contributed by atoms with Gasteiger partial charge in [0.05, 0.1) is 22.9 Å². The first-order valence-electron chi connectivity index (χ1n) is 9.56. The molecule has 1 spiro atoms.